The smallest absolute Gasteiger partial charge is 0.249 e. The van der Waals surface area contributed by atoms with Crippen LogP contribution in [0.2, 0.25) is 0 Å². The van der Waals surface area contributed by atoms with Crippen LogP contribution in [0.15, 0.2) is 35.4 Å². The Hall–Kier alpha value is -1.61. The number of benzene rings is 1. The molecule has 0 radical (unpaired) electrons. The maximum atomic E-state index is 12.2. The van der Waals surface area contributed by atoms with E-state index in [1.807, 2.05) is 14.0 Å². The summed E-state index contributed by atoms with van der Waals surface area (Å²) in [6.45, 7) is 6.45. The molecule has 0 atom stereocenters. The molecule has 1 aliphatic heterocycles. The van der Waals surface area contributed by atoms with Gasteiger partial charge in [-0.1, -0.05) is 31.2 Å². The van der Waals surface area contributed by atoms with Crippen LogP contribution < -0.4 is 5.32 Å². The van der Waals surface area contributed by atoms with E-state index in [-0.39, 0.29) is 5.91 Å². The number of rotatable bonds is 4. The summed E-state index contributed by atoms with van der Waals surface area (Å²) in [6.07, 6.45) is 1.05. The van der Waals surface area contributed by atoms with Crippen molar-refractivity contribution in [3.05, 3.63) is 46.5 Å². The van der Waals surface area contributed by atoms with Crippen molar-refractivity contribution in [3.8, 4) is 0 Å². The van der Waals surface area contributed by atoms with Crippen molar-refractivity contribution in [2.75, 3.05) is 20.1 Å². The number of likely N-dealkylation sites (N-methyl/N-ethyl adjacent to an activating group) is 1. The van der Waals surface area contributed by atoms with Gasteiger partial charge in [0, 0.05) is 32.3 Å². The van der Waals surface area contributed by atoms with Crippen molar-refractivity contribution in [1.29, 1.82) is 0 Å². The third-order valence-corrected chi connectivity index (χ3v) is 3.73. The van der Waals surface area contributed by atoms with Crippen molar-refractivity contribution in [3.63, 3.8) is 0 Å². The first-order valence-corrected chi connectivity index (χ1v) is 6.84. The average Bonchev–Trinajstić information content (AvgIpc) is 2.36. The van der Waals surface area contributed by atoms with E-state index < -0.39 is 0 Å². The Kier molecular flexibility index (Phi) is 4.38. The summed E-state index contributed by atoms with van der Waals surface area (Å²) in [6, 6.07) is 8.48. The zero-order valence-corrected chi connectivity index (χ0v) is 12.0. The fourth-order valence-electron chi connectivity index (χ4n) is 2.18. The molecule has 0 unspecified atom stereocenters. The van der Waals surface area contributed by atoms with Crippen molar-refractivity contribution < 1.29 is 4.79 Å². The predicted octanol–water partition coefficient (Wildman–Crippen LogP) is 2.13. The lowest BCUT2D eigenvalue weighted by Gasteiger charge is -2.24. The number of hydrogen-bond donors (Lipinski definition) is 1. The number of nitrogens with one attached hydrogen (secondary N) is 1. The van der Waals surface area contributed by atoms with Gasteiger partial charge < -0.3 is 10.2 Å². The van der Waals surface area contributed by atoms with Crippen molar-refractivity contribution in [2.24, 2.45) is 0 Å². The van der Waals surface area contributed by atoms with Gasteiger partial charge in [0.25, 0.3) is 0 Å². The Balaban J connectivity index is 1.99. The van der Waals surface area contributed by atoms with Crippen LogP contribution in [-0.4, -0.2) is 30.9 Å². The first kappa shape index (κ1) is 13.8. The standard InChI is InChI=1S/C16H22N2O/c1-4-13-5-7-14(8-6-13)11-18(3)16(19)12(2)15-9-17-10-15/h5-8,17H,4,9-11H2,1-3H3. The molecule has 19 heavy (non-hydrogen) atoms. The van der Waals surface area contributed by atoms with Gasteiger partial charge in [-0.15, -0.1) is 0 Å². The van der Waals surface area contributed by atoms with Gasteiger partial charge in [0.1, 0.15) is 0 Å². The topological polar surface area (TPSA) is 32.3 Å². The van der Waals surface area contributed by atoms with Gasteiger partial charge in [-0.25, -0.2) is 0 Å². The van der Waals surface area contributed by atoms with E-state index in [0.29, 0.717) is 6.54 Å². The Bertz CT molecular complexity index is 482. The summed E-state index contributed by atoms with van der Waals surface area (Å²) in [4.78, 5) is 14.0. The van der Waals surface area contributed by atoms with Crippen LogP contribution in [-0.2, 0) is 17.8 Å². The molecule has 3 heteroatoms. The molecule has 3 nitrogen and oxygen atoms in total. The van der Waals surface area contributed by atoms with E-state index in [1.165, 1.54) is 16.7 Å². The monoisotopic (exact) mass is 258 g/mol. The minimum Gasteiger partial charge on any atom is -0.338 e. The molecule has 0 aromatic heterocycles. The third-order valence-electron chi connectivity index (χ3n) is 3.73. The molecule has 1 aromatic rings. The van der Waals surface area contributed by atoms with E-state index in [4.69, 9.17) is 0 Å². The van der Waals surface area contributed by atoms with Gasteiger partial charge in [0.2, 0.25) is 5.91 Å². The molecule has 102 valence electrons. The molecule has 1 saturated heterocycles. The van der Waals surface area contributed by atoms with Gasteiger partial charge in [0.05, 0.1) is 0 Å². The van der Waals surface area contributed by atoms with Crippen LogP contribution in [0.4, 0.5) is 0 Å². The Labute approximate surface area is 115 Å². The lowest BCUT2D eigenvalue weighted by atomic mass is 10.0. The van der Waals surface area contributed by atoms with Gasteiger partial charge >= 0.3 is 0 Å². The van der Waals surface area contributed by atoms with Crippen molar-refractivity contribution >= 4 is 5.91 Å². The highest BCUT2D eigenvalue weighted by atomic mass is 16.2. The summed E-state index contributed by atoms with van der Waals surface area (Å²) in [7, 11) is 1.87. The van der Waals surface area contributed by atoms with E-state index in [9.17, 15) is 4.79 Å². The normalized spacial score (nSPS) is 13.9. The molecule has 0 aliphatic carbocycles. The summed E-state index contributed by atoms with van der Waals surface area (Å²) >= 11 is 0. The average molecular weight is 258 g/mol. The van der Waals surface area contributed by atoms with E-state index in [2.05, 4.69) is 36.5 Å². The van der Waals surface area contributed by atoms with Crippen LogP contribution in [0.5, 0.6) is 0 Å². The molecule has 1 aliphatic rings. The fraction of sp³-hybridized carbons (Fsp3) is 0.438. The van der Waals surface area contributed by atoms with Crippen LogP contribution in [0.1, 0.15) is 25.0 Å². The number of amides is 1. The van der Waals surface area contributed by atoms with Gasteiger partial charge in [0.15, 0.2) is 0 Å². The quantitative estimate of drug-likeness (QED) is 0.839. The second kappa shape index (κ2) is 6.02. The maximum Gasteiger partial charge on any atom is 0.249 e. The maximum absolute atomic E-state index is 12.2. The summed E-state index contributed by atoms with van der Waals surface area (Å²) in [5, 5.41) is 3.17. The zero-order valence-electron chi connectivity index (χ0n) is 12.0. The number of carbonyl (C=O) groups is 1. The van der Waals surface area contributed by atoms with Gasteiger partial charge in [-0.05, 0) is 30.0 Å². The second-order valence-corrected chi connectivity index (χ2v) is 5.16. The van der Waals surface area contributed by atoms with E-state index in [0.717, 1.165) is 25.1 Å². The Morgan fingerprint density at radius 2 is 1.79 bits per heavy atom. The highest BCUT2D eigenvalue weighted by Crippen LogP contribution is 2.13. The first-order chi connectivity index (χ1) is 9.11. The number of hydrogen-bond acceptors (Lipinski definition) is 2. The SMILES string of the molecule is CCc1ccc(CN(C)C(=O)C(C)=C2CNC2)cc1. The van der Waals surface area contributed by atoms with Crippen molar-refractivity contribution in [2.45, 2.75) is 26.8 Å². The lowest BCUT2D eigenvalue weighted by molar-refractivity contribution is -0.126. The van der Waals surface area contributed by atoms with E-state index in [1.54, 1.807) is 4.90 Å². The fourth-order valence-corrected chi connectivity index (χ4v) is 2.18. The summed E-state index contributed by atoms with van der Waals surface area (Å²) in [5.41, 5.74) is 4.64. The molecule has 0 bridgehead atoms. The third kappa shape index (κ3) is 3.24. The van der Waals surface area contributed by atoms with Crippen LogP contribution in [0.25, 0.3) is 0 Å². The molecule has 0 saturated carbocycles. The molecule has 1 fully saturated rings. The molecule has 1 heterocycles. The minimum absolute atomic E-state index is 0.135. The molecular formula is C16H22N2O. The van der Waals surface area contributed by atoms with Gasteiger partial charge in [-0.2, -0.15) is 0 Å². The van der Waals surface area contributed by atoms with E-state index >= 15 is 0 Å². The number of nitrogens with zero attached hydrogens (tertiary/aromatic N) is 1. The highest BCUT2D eigenvalue weighted by molar-refractivity contribution is 5.93. The van der Waals surface area contributed by atoms with Gasteiger partial charge in [-0.3, -0.25) is 4.79 Å². The summed E-state index contributed by atoms with van der Waals surface area (Å²) < 4.78 is 0. The molecular weight excluding hydrogens is 236 g/mol. The highest BCUT2D eigenvalue weighted by Gasteiger charge is 2.18. The molecule has 1 N–H and O–H groups in total. The second-order valence-electron chi connectivity index (χ2n) is 5.16. The minimum atomic E-state index is 0.135. The molecule has 1 amide bonds. The largest absolute Gasteiger partial charge is 0.338 e. The molecule has 2 rings (SSSR count). The van der Waals surface area contributed by atoms with Crippen LogP contribution in [0.3, 0.4) is 0 Å². The summed E-state index contributed by atoms with van der Waals surface area (Å²) in [5.74, 6) is 0.135. The molecule has 1 aromatic carbocycles. The predicted molar refractivity (Wildman–Crippen MR) is 77.9 cm³/mol. The first-order valence-electron chi connectivity index (χ1n) is 6.84. The van der Waals surface area contributed by atoms with Crippen molar-refractivity contribution in [1.82, 2.24) is 10.2 Å². The molecule has 0 spiro atoms. The zero-order chi connectivity index (χ0) is 13.8. The lowest BCUT2D eigenvalue weighted by Crippen LogP contribution is -2.38. The number of aryl methyl sites for hydroxylation is 1. The van der Waals surface area contributed by atoms with Crippen LogP contribution in [0, 0.1) is 0 Å². The van der Waals surface area contributed by atoms with Crippen LogP contribution >= 0.6 is 0 Å². The number of carbonyl (C=O) groups excluding carboxylic acids is 1. The Morgan fingerprint density at radius 1 is 1.21 bits per heavy atom. The Morgan fingerprint density at radius 3 is 2.26 bits per heavy atom.